The van der Waals surface area contributed by atoms with Crippen LogP contribution in [0.4, 0.5) is 0 Å². The van der Waals surface area contributed by atoms with E-state index in [-0.39, 0.29) is 5.91 Å². The summed E-state index contributed by atoms with van der Waals surface area (Å²) in [5.41, 5.74) is 1.83. The van der Waals surface area contributed by atoms with Crippen molar-refractivity contribution in [3.8, 4) is 0 Å². The van der Waals surface area contributed by atoms with Gasteiger partial charge in [0.05, 0.1) is 11.1 Å². The van der Waals surface area contributed by atoms with Gasteiger partial charge in [0.15, 0.2) is 4.32 Å². The van der Waals surface area contributed by atoms with E-state index < -0.39 is 0 Å². The topological polar surface area (TPSA) is 32.7 Å². The smallest absolute Gasteiger partial charge is 0.266 e. The van der Waals surface area contributed by atoms with Gasteiger partial charge in [-0.3, -0.25) is 4.79 Å². The first-order valence-electron chi connectivity index (χ1n) is 6.86. The third kappa shape index (κ3) is 4.22. The summed E-state index contributed by atoms with van der Waals surface area (Å²) in [6.07, 6.45) is 3.45. The number of carbonyl (C=O) groups excluding carboxylic acids is 1. The third-order valence-corrected chi connectivity index (χ3v) is 5.47. The fourth-order valence-electron chi connectivity index (χ4n) is 1.94. The molecule has 0 radical (unpaired) electrons. The van der Waals surface area contributed by atoms with Gasteiger partial charge in [-0.1, -0.05) is 67.9 Å². The van der Waals surface area contributed by atoms with Crippen LogP contribution in [0, 0.1) is 0 Å². The van der Waals surface area contributed by atoms with Crippen LogP contribution in [0.25, 0.3) is 6.08 Å². The highest BCUT2D eigenvalue weighted by molar-refractivity contribution is 9.10. The van der Waals surface area contributed by atoms with Gasteiger partial charge in [-0.05, 0) is 53.7 Å². The molecule has 1 saturated heterocycles. The lowest BCUT2D eigenvalue weighted by Crippen LogP contribution is -2.22. The quantitative estimate of drug-likeness (QED) is 0.332. The fraction of sp³-hybridized carbons (Fsp3) is 0. The van der Waals surface area contributed by atoms with E-state index in [0.29, 0.717) is 9.23 Å². The molecule has 3 nitrogen and oxygen atoms in total. The molecular formula is C17H10Br2N2OS2. The lowest BCUT2D eigenvalue weighted by Gasteiger charge is -2.06. The lowest BCUT2D eigenvalue weighted by molar-refractivity contribution is -0.122. The Labute approximate surface area is 166 Å². The van der Waals surface area contributed by atoms with Gasteiger partial charge in [0, 0.05) is 8.95 Å². The van der Waals surface area contributed by atoms with Gasteiger partial charge in [0.25, 0.3) is 5.91 Å². The number of nitrogens with zero attached hydrogens (tertiary/aromatic N) is 2. The number of halogens is 2. The fourth-order valence-corrected chi connectivity index (χ4v) is 3.64. The molecule has 2 aromatic rings. The molecule has 0 aliphatic carbocycles. The molecule has 0 aromatic heterocycles. The van der Waals surface area contributed by atoms with Crippen LogP contribution in [-0.2, 0) is 4.79 Å². The number of thiocarbonyl (C=S) groups is 1. The van der Waals surface area contributed by atoms with Crippen LogP contribution in [0.3, 0.4) is 0 Å². The second-order valence-corrected chi connectivity index (χ2v) is 8.35. The molecule has 3 rings (SSSR count). The number of thioether (sulfide) groups is 1. The van der Waals surface area contributed by atoms with Crippen LogP contribution in [-0.4, -0.2) is 21.5 Å². The van der Waals surface area contributed by atoms with Gasteiger partial charge < -0.3 is 0 Å². The summed E-state index contributed by atoms with van der Waals surface area (Å²) in [6.45, 7) is 0. The number of benzene rings is 2. The molecule has 7 heteroatoms. The molecule has 1 amide bonds. The lowest BCUT2D eigenvalue weighted by atomic mass is 10.2. The number of hydrogen-bond donors (Lipinski definition) is 0. The second-order valence-electron chi connectivity index (χ2n) is 4.84. The van der Waals surface area contributed by atoms with Crippen molar-refractivity contribution < 1.29 is 4.79 Å². The summed E-state index contributed by atoms with van der Waals surface area (Å²) in [7, 11) is 0. The molecule has 0 atom stereocenters. The molecule has 0 unspecified atom stereocenters. The number of amides is 1. The first-order valence-corrected chi connectivity index (χ1v) is 9.67. The minimum absolute atomic E-state index is 0.207. The molecule has 0 saturated carbocycles. The maximum Gasteiger partial charge on any atom is 0.286 e. The van der Waals surface area contributed by atoms with E-state index in [9.17, 15) is 4.79 Å². The average Bonchev–Trinajstić information content (AvgIpc) is 2.83. The zero-order chi connectivity index (χ0) is 17.1. The summed E-state index contributed by atoms with van der Waals surface area (Å²) in [6, 6.07) is 15.4. The molecule has 1 aliphatic rings. The van der Waals surface area contributed by atoms with Crippen molar-refractivity contribution >= 4 is 78.4 Å². The highest BCUT2D eigenvalue weighted by Crippen LogP contribution is 2.32. The van der Waals surface area contributed by atoms with Crippen molar-refractivity contribution in [1.29, 1.82) is 0 Å². The van der Waals surface area contributed by atoms with Gasteiger partial charge in [-0.2, -0.15) is 10.1 Å². The Hall–Kier alpha value is -1.28. The Balaban J connectivity index is 1.78. The van der Waals surface area contributed by atoms with Gasteiger partial charge in [0.2, 0.25) is 0 Å². The Morgan fingerprint density at radius 3 is 2.08 bits per heavy atom. The predicted molar refractivity (Wildman–Crippen MR) is 111 cm³/mol. The van der Waals surface area contributed by atoms with Crippen LogP contribution in [0.15, 0.2) is 67.5 Å². The van der Waals surface area contributed by atoms with Gasteiger partial charge in [-0.15, -0.1) is 0 Å². The van der Waals surface area contributed by atoms with Crippen molar-refractivity contribution in [3.05, 3.63) is 73.5 Å². The van der Waals surface area contributed by atoms with Crippen molar-refractivity contribution in [2.45, 2.75) is 0 Å². The Morgan fingerprint density at radius 2 is 1.50 bits per heavy atom. The van der Waals surface area contributed by atoms with Gasteiger partial charge in [0.1, 0.15) is 0 Å². The van der Waals surface area contributed by atoms with E-state index in [0.717, 1.165) is 20.1 Å². The van der Waals surface area contributed by atoms with Crippen LogP contribution in [0.2, 0.25) is 0 Å². The SMILES string of the molecule is O=C1/C(=C/c2ccc(Br)cc2)SC(=S)N1/N=C\c1ccc(Br)cc1. The molecule has 120 valence electrons. The molecule has 0 N–H and O–H groups in total. The highest BCUT2D eigenvalue weighted by atomic mass is 79.9. The highest BCUT2D eigenvalue weighted by Gasteiger charge is 2.31. The molecule has 2 aromatic carbocycles. The largest absolute Gasteiger partial charge is 0.286 e. The average molecular weight is 482 g/mol. The van der Waals surface area contributed by atoms with E-state index in [1.54, 1.807) is 6.21 Å². The molecule has 0 bridgehead atoms. The zero-order valence-electron chi connectivity index (χ0n) is 12.1. The normalized spacial score (nSPS) is 16.6. The molecule has 1 fully saturated rings. The van der Waals surface area contributed by atoms with Crippen molar-refractivity contribution in [2.75, 3.05) is 0 Å². The van der Waals surface area contributed by atoms with E-state index in [1.807, 2.05) is 54.6 Å². The van der Waals surface area contributed by atoms with E-state index >= 15 is 0 Å². The summed E-state index contributed by atoms with van der Waals surface area (Å²) in [5.74, 6) is -0.207. The maximum atomic E-state index is 12.5. The maximum absolute atomic E-state index is 12.5. The summed E-state index contributed by atoms with van der Waals surface area (Å²) in [5, 5.41) is 5.48. The van der Waals surface area contributed by atoms with Crippen LogP contribution in [0.1, 0.15) is 11.1 Å². The van der Waals surface area contributed by atoms with Crippen molar-refractivity contribution in [3.63, 3.8) is 0 Å². The number of carbonyl (C=O) groups is 1. The predicted octanol–water partition coefficient (Wildman–Crippen LogP) is 5.45. The minimum atomic E-state index is -0.207. The second kappa shape index (κ2) is 7.74. The Bertz CT molecular complexity index is 846. The Morgan fingerprint density at radius 1 is 0.958 bits per heavy atom. The zero-order valence-corrected chi connectivity index (χ0v) is 17.0. The number of hydrogen-bond acceptors (Lipinski definition) is 4. The van der Waals surface area contributed by atoms with E-state index in [1.165, 1.54) is 16.8 Å². The molecule has 1 aliphatic heterocycles. The Kier molecular flexibility index (Phi) is 5.65. The molecular weight excluding hydrogens is 472 g/mol. The monoisotopic (exact) mass is 480 g/mol. The van der Waals surface area contributed by atoms with Gasteiger partial charge in [-0.25, -0.2) is 0 Å². The number of hydrazone groups is 1. The summed E-state index contributed by atoms with van der Waals surface area (Å²) < 4.78 is 2.41. The van der Waals surface area contributed by atoms with E-state index in [2.05, 4.69) is 37.0 Å². The van der Waals surface area contributed by atoms with Crippen molar-refractivity contribution in [2.24, 2.45) is 5.10 Å². The van der Waals surface area contributed by atoms with Crippen LogP contribution < -0.4 is 0 Å². The van der Waals surface area contributed by atoms with E-state index in [4.69, 9.17) is 12.2 Å². The first-order chi connectivity index (χ1) is 11.5. The first kappa shape index (κ1) is 17.5. The molecule has 1 heterocycles. The van der Waals surface area contributed by atoms with Gasteiger partial charge >= 0.3 is 0 Å². The van der Waals surface area contributed by atoms with Crippen LogP contribution >= 0.6 is 55.8 Å². The van der Waals surface area contributed by atoms with Crippen LogP contribution in [0.5, 0.6) is 0 Å². The minimum Gasteiger partial charge on any atom is -0.266 e. The molecule has 0 spiro atoms. The summed E-state index contributed by atoms with van der Waals surface area (Å²) in [4.78, 5) is 13.0. The summed E-state index contributed by atoms with van der Waals surface area (Å²) >= 11 is 13.3. The molecule has 24 heavy (non-hydrogen) atoms. The van der Waals surface area contributed by atoms with Crippen molar-refractivity contribution in [1.82, 2.24) is 5.01 Å². The third-order valence-electron chi connectivity index (χ3n) is 3.13. The standard InChI is InChI=1S/C17H10Br2N2OS2/c18-13-5-1-11(2-6-13)9-15-16(22)21(17(23)24-15)20-10-12-3-7-14(19)8-4-12/h1-10H/b15-9-,20-10-. The number of rotatable bonds is 3.